The minimum Gasteiger partial charge on any atom is -0.316 e. The fourth-order valence-electron chi connectivity index (χ4n) is 1.97. The van der Waals surface area contributed by atoms with Crippen LogP contribution in [0.15, 0.2) is 18.2 Å². The van der Waals surface area contributed by atoms with Gasteiger partial charge < -0.3 is 10.6 Å². The molecule has 1 rings (SSSR count). The number of carbonyl (C=O) groups is 1. The average Bonchev–Trinajstić information content (AvgIpc) is 2.37. The van der Waals surface area contributed by atoms with Gasteiger partial charge in [-0.15, -0.1) is 0 Å². The molecule has 0 bridgehead atoms. The van der Waals surface area contributed by atoms with E-state index in [1.165, 1.54) is 12.1 Å². The van der Waals surface area contributed by atoms with Crippen LogP contribution in [0.2, 0.25) is 0 Å². The van der Waals surface area contributed by atoms with Crippen LogP contribution in [-0.2, 0) is 0 Å². The van der Waals surface area contributed by atoms with Crippen molar-refractivity contribution in [3.05, 3.63) is 29.3 Å². The number of urea groups is 1. The van der Waals surface area contributed by atoms with Crippen molar-refractivity contribution in [2.24, 2.45) is 0 Å². The third-order valence-electron chi connectivity index (χ3n) is 3.59. The normalized spacial score (nSPS) is 12.9. The Bertz CT molecular complexity index is 566. The SMILES string of the molecule is CCC(NC(=O)Nc1ccc(C)c(C)c1)(C(F)(F)F)C(F)(F)F. The molecule has 1 aromatic carbocycles. The lowest BCUT2D eigenvalue weighted by Gasteiger charge is -2.37. The second-order valence-electron chi connectivity index (χ2n) is 5.13. The Morgan fingerprint density at radius 2 is 1.52 bits per heavy atom. The molecular weight excluding hydrogens is 326 g/mol. The van der Waals surface area contributed by atoms with Crippen molar-refractivity contribution >= 4 is 11.7 Å². The molecule has 130 valence electrons. The van der Waals surface area contributed by atoms with Crippen LogP contribution in [0.25, 0.3) is 0 Å². The van der Waals surface area contributed by atoms with Gasteiger partial charge in [-0.3, -0.25) is 0 Å². The van der Waals surface area contributed by atoms with Crippen LogP contribution in [0.1, 0.15) is 24.5 Å². The predicted molar refractivity (Wildman–Crippen MR) is 73.2 cm³/mol. The molecule has 0 aliphatic rings. The lowest BCUT2D eigenvalue weighted by molar-refractivity contribution is -0.304. The number of nitrogens with one attached hydrogen (secondary N) is 2. The lowest BCUT2D eigenvalue weighted by atomic mass is 9.94. The Morgan fingerprint density at radius 3 is 1.91 bits per heavy atom. The van der Waals surface area contributed by atoms with E-state index in [-0.39, 0.29) is 5.69 Å². The van der Waals surface area contributed by atoms with E-state index >= 15 is 0 Å². The summed E-state index contributed by atoms with van der Waals surface area (Å²) in [6.45, 7) is 4.17. The summed E-state index contributed by atoms with van der Waals surface area (Å²) >= 11 is 0. The van der Waals surface area contributed by atoms with Crippen molar-refractivity contribution in [2.75, 3.05) is 5.32 Å². The zero-order chi connectivity index (χ0) is 18.1. The average molecular weight is 342 g/mol. The minimum atomic E-state index is -5.68. The topological polar surface area (TPSA) is 41.1 Å². The zero-order valence-corrected chi connectivity index (χ0v) is 12.6. The summed E-state index contributed by atoms with van der Waals surface area (Å²) in [5.41, 5.74) is -2.61. The molecule has 0 atom stereocenters. The van der Waals surface area contributed by atoms with E-state index in [9.17, 15) is 31.1 Å². The quantitative estimate of drug-likeness (QED) is 0.768. The fraction of sp³-hybridized carbons (Fsp3) is 0.500. The number of amides is 2. The Labute approximate surface area is 129 Å². The predicted octanol–water partition coefficient (Wildman–Crippen LogP) is 4.70. The van der Waals surface area contributed by atoms with E-state index < -0.39 is 30.3 Å². The minimum absolute atomic E-state index is 0.0972. The number of alkyl halides is 6. The standard InChI is InChI=1S/C14H16F6N2O/c1-4-12(13(15,16)17,14(18,19)20)22-11(23)21-10-6-5-8(2)9(3)7-10/h5-7H,4H2,1-3H3,(H2,21,22,23). The highest BCUT2D eigenvalue weighted by Crippen LogP contribution is 2.45. The maximum absolute atomic E-state index is 12.9. The number of rotatable bonds is 3. The van der Waals surface area contributed by atoms with Crippen LogP contribution in [0.4, 0.5) is 36.8 Å². The molecule has 9 heteroatoms. The van der Waals surface area contributed by atoms with Gasteiger partial charge in [0.1, 0.15) is 0 Å². The molecule has 2 amide bonds. The van der Waals surface area contributed by atoms with E-state index in [2.05, 4.69) is 0 Å². The van der Waals surface area contributed by atoms with Gasteiger partial charge in [0.25, 0.3) is 0 Å². The molecule has 1 aromatic rings. The van der Waals surface area contributed by atoms with Gasteiger partial charge in [0.2, 0.25) is 5.54 Å². The van der Waals surface area contributed by atoms with Gasteiger partial charge in [-0.05, 0) is 43.5 Å². The molecule has 3 nitrogen and oxygen atoms in total. The van der Waals surface area contributed by atoms with Crippen molar-refractivity contribution in [2.45, 2.75) is 45.1 Å². The summed E-state index contributed by atoms with van der Waals surface area (Å²) in [5, 5.41) is 3.04. The molecule has 0 heterocycles. The van der Waals surface area contributed by atoms with E-state index in [4.69, 9.17) is 0 Å². The summed E-state index contributed by atoms with van der Waals surface area (Å²) < 4.78 is 77.6. The number of anilines is 1. The number of hydrogen-bond acceptors (Lipinski definition) is 1. The number of benzene rings is 1. The van der Waals surface area contributed by atoms with E-state index in [1.807, 2.05) is 5.32 Å². The van der Waals surface area contributed by atoms with E-state index in [1.54, 1.807) is 19.9 Å². The Morgan fingerprint density at radius 1 is 1.00 bits per heavy atom. The van der Waals surface area contributed by atoms with Gasteiger partial charge in [0.05, 0.1) is 0 Å². The van der Waals surface area contributed by atoms with Crippen LogP contribution in [0.5, 0.6) is 0 Å². The smallest absolute Gasteiger partial charge is 0.316 e. The second-order valence-corrected chi connectivity index (χ2v) is 5.13. The first-order valence-electron chi connectivity index (χ1n) is 6.64. The first kappa shape index (κ1) is 19.1. The molecule has 0 saturated carbocycles. The largest absolute Gasteiger partial charge is 0.420 e. The molecule has 2 N–H and O–H groups in total. The van der Waals surface area contributed by atoms with Crippen LogP contribution < -0.4 is 10.6 Å². The van der Waals surface area contributed by atoms with Crippen LogP contribution >= 0.6 is 0 Å². The van der Waals surface area contributed by atoms with Gasteiger partial charge in [-0.25, -0.2) is 4.79 Å². The van der Waals surface area contributed by atoms with E-state index in [0.29, 0.717) is 6.92 Å². The highest BCUT2D eigenvalue weighted by Gasteiger charge is 2.70. The van der Waals surface area contributed by atoms with Crippen molar-refractivity contribution in [1.29, 1.82) is 0 Å². The molecular formula is C14H16F6N2O. The number of hydrogen-bond donors (Lipinski definition) is 2. The molecule has 0 fully saturated rings. The summed E-state index contributed by atoms with van der Waals surface area (Å²) in [7, 11) is 0. The first-order chi connectivity index (χ1) is 10.3. The second kappa shape index (κ2) is 6.29. The Balaban J connectivity index is 3.05. The van der Waals surface area contributed by atoms with Crippen LogP contribution in [-0.4, -0.2) is 23.9 Å². The van der Waals surface area contributed by atoms with Gasteiger partial charge in [0, 0.05) is 5.69 Å². The third-order valence-corrected chi connectivity index (χ3v) is 3.59. The van der Waals surface area contributed by atoms with Crippen molar-refractivity contribution in [1.82, 2.24) is 5.32 Å². The highest BCUT2D eigenvalue weighted by atomic mass is 19.4. The van der Waals surface area contributed by atoms with E-state index in [0.717, 1.165) is 16.4 Å². The van der Waals surface area contributed by atoms with Gasteiger partial charge in [0.15, 0.2) is 0 Å². The number of aryl methyl sites for hydroxylation is 2. The summed E-state index contributed by atoms with van der Waals surface area (Å²) in [5.74, 6) is 0. The number of halogens is 6. The summed E-state index contributed by atoms with van der Waals surface area (Å²) in [4.78, 5) is 11.7. The lowest BCUT2D eigenvalue weighted by Crippen LogP contribution is -2.67. The van der Waals surface area contributed by atoms with Gasteiger partial charge >= 0.3 is 18.4 Å². The van der Waals surface area contributed by atoms with Crippen molar-refractivity contribution < 1.29 is 31.1 Å². The molecule has 23 heavy (non-hydrogen) atoms. The molecule has 0 aromatic heterocycles. The maximum atomic E-state index is 12.9. The number of carbonyl (C=O) groups excluding carboxylic acids is 1. The molecule has 0 aliphatic carbocycles. The molecule has 0 saturated heterocycles. The monoisotopic (exact) mass is 342 g/mol. The zero-order valence-electron chi connectivity index (χ0n) is 12.6. The van der Waals surface area contributed by atoms with Crippen LogP contribution in [0, 0.1) is 13.8 Å². The Hall–Kier alpha value is -1.93. The van der Waals surface area contributed by atoms with Crippen molar-refractivity contribution in [3.63, 3.8) is 0 Å². The Kier molecular flexibility index (Phi) is 5.23. The fourth-order valence-corrected chi connectivity index (χ4v) is 1.97. The van der Waals surface area contributed by atoms with Crippen molar-refractivity contribution in [3.8, 4) is 0 Å². The highest BCUT2D eigenvalue weighted by molar-refractivity contribution is 5.90. The molecule has 0 radical (unpaired) electrons. The van der Waals surface area contributed by atoms with Gasteiger partial charge in [-0.2, -0.15) is 26.3 Å². The maximum Gasteiger partial charge on any atom is 0.420 e. The first-order valence-corrected chi connectivity index (χ1v) is 6.64. The molecule has 0 unspecified atom stereocenters. The summed E-state index contributed by atoms with van der Waals surface area (Å²) in [6, 6.07) is 2.84. The summed E-state index contributed by atoms with van der Waals surface area (Å²) in [6.07, 6.45) is -12.7. The molecule has 0 spiro atoms. The third kappa shape index (κ3) is 3.89. The van der Waals surface area contributed by atoms with Gasteiger partial charge in [-0.1, -0.05) is 13.0 Å². The molecule has 0 aliphatic heterocycles. The van der Waals surface area contributed by atoms with Crippen LogP contribution in [0.3, 0.4) is 0 Å².